The number of aryl methyl sites for hydroxylation is 1. The van der Waals surface area contributed by atoms with Gasteiger partial charge in [-0.05, 0) is 61.2 Å². The van der Waals surface area contributed by atoms with Crippen molar-refractivity contribution in [2.45, 2.75) is 45.6 Å². The molecule has 0 unspecified atom stereocenters. The van der Waals surface area contributed by atoms with Crippen molar-refractivity contribution in [3.8, 4) is 5.82 Å². The molecule has 0 bridgehead atoms. The van der Waals surface area contributed by atoms with Gasteiger partial charge in [-0.15, -0.1) is 0 Å². The minimum Gasteiger partial charge on any atom is -0.466 e. The number of amides is 1. The van der Waals surface area contributed by atoms with Crippen LogP contribution in [0.4, 0.5) is 5.82 Å². The lowest BCUT2D eigenvalue weighted by Gasteiger charge is -2.29. The minimum atomic E-state index is -0.438. The number of methoxy groups -OCH3 is 1. The summed E-state index contributed by atoms with van der Waals surface area (Å²) in [5.74, 6) is 0.888. The number of pyridine rings is 2. The molecule has 1 aliphatic rings. The van der Waals surface area contributed by atoms with Gasteiger partial charge in [-0.2, -0.15) is 5.10 Å². The van der Waals surface area contributed by atoms with E-state index in [1.165, 1.54) is 19.6 Å². The Hall–Kier alpha value is -4.33. The standard InChI is InChI=1S/C30H31N5O3/c1-21-16-22(13-15-29(36)38-2)17-28(33-21)34(30(37)24-8-4-3-5-9-24)20-23-12-14-27(31-18-23)35-26-11-7-6-10-25(26)19-32-35/h6-7,10-19,24H,3-5,8-9,20H2,1-2H3/b15-13+. The molecule has 38 heavy (non-hydrogen) atoms. The van der Waals surface area contributed by atoms with Gasteiger partial charge in [0.2, 0.25) is 5.91 Å². The molecule has 5 rings (SSSR count). The largest absolute Gasteiger partial charge is 0.466 e. The van der Waals surface area contributed by atoms with E-state index in [0.29, 0.717) is 18.2 Å². The highest BCUT2D eigenvalue weighted by atomic mass is 16.5. The van der Waals surface area contributed by atoms with Crippen LogP contribution in [0.25, 0.3) is 22.8 Å². The first kappa shape index (κ1) is 25.3. The van der Waals surface area contributed by atoms with Crippen LogP contribution in [0.3, 0.4) is 0 Å². The van der Waals surface area contributed by atoms with E-state index < -0.39 is 5.97 Å². The fourth-order valence-electron chi connectivity index (χ4n) is 4.96. The van der Waals surface area contributed by atoms with Crippen LogP contribution in [0.2, 0.25) is 0 Å². The highest BCUT2D eigenvalue weighted by Gasteiger charge is 2.28. The fraction of sp³-hybridized carbons (Fsp3) is 0.300. The summed E-state index contributed by atoms with van der Waals surface area (Å²) in [7, 11) is 1.34. The zero-order valence-corrected chi connectivity index (χ0v) is 21.7. The van der Waals surface area contributed by atoms with Crippen LogP contribution in [0.1, 0.15) is 48.9 Å². The van der Waals surface area contributed by atoms with Gasteiger partial charge in [0.25, 0.3) is 0 Å². The zero-order chi connectivity index (χ0) is 26.5. The fourth-order valence-corrected chi connectivity index (χ4v) is 4.96. The molecule has 0 radical (unpaired) electrons. The van der Waals surface area contributed by atoms with E-state index in [-0.39, 0.29) is 11.8 Å². The van der Waals surface area contributed by atoms with E-state index in [9.17, 15) is 9.59 Å². The first-order valence-electron chi connectivity index (χ1n) is 13.0. The second kappa shape index (κ2) is 11.4. The predicted octanol–water partition coefficient (Wildman–Crippen LogP) is 5.42. The zero-order valence-electron chi connectivity index (χ0n) is 21.7. The number of aromatic nitrogens is 4. The maximum atomic E-state index is 13.8. The lowest BCUT2D eigenvalue weighted by atomic mass is 9.88. The van der Waals surface area contributed by atoms with E-state index in [1.807, 2.05) is 66.3 Å². The summed E-state index contributed by atoms with van der Waals surface area (Å²) in [6.45, 7) is 2.23. The van der Waals surface area contributed by atoms with Crippen molar-refractivity contribution in [2.75, 3.05) is 12.0 Å². The van der Waals surface area contributed by atoms with E-state index in [0.717, 1.165) is 53.4 Å². The molecule has 1 aromatic carbocycles. The molecule has 0 N–H and O–H groups in total. The van der Waals surface area contributed by atoms with Crippen LogP contribution >= 0.6 is 0 Å². The van der Waals surface area contributed by atoms with Crippen LogP contribution in [0.15, 0.2) is 67.0 Å². The molecule has 8 nitrogen and oxygen atoms in total. The third-order valence-corrected chi connectivity index (χ3v) is 6.92. The summed E-state index contributed by atoms with van der Waals surface area (Å²) in [5.41, 5.74) is 3.41. The summed E-state index contributed by atoms with van der Waals surface area (Å²) in [4.78, 5) is 36.6. The van der Waals surface area contributed by atoms with Gasteiger partial charge in [0.1, 0.15) is 5.82 Å². The highest BCUT2D eigenvalue weighted by molar-refractivity contribution is 5.94. The Labute approximate surface area is 222 Å². The molecule has 0 atom stereocenters. The molecule has 8 heteroatoms. The van der Waals surface area contributed by atoms with Crippen molar-refractivity contribution < 1.29 is 14.3 Å². The molecule has 3 aromatic heterocycles. The predicted molar refractivity (Wildman–Crippen MR) is 147 cm³/mol. The number of esters is 1. The smallest absolute Gasteiger partial charge is 0.330 e. The van der Waals surface area contributed by atoms with Gasteiger partial charge in [0, 0.05) is 29.3 Å². The third-order valence-electron chi connectivity index (χ3n) is 6.92. The number of benzene rings is 1. The number of rotatable bonds is 7. The number of hydrogen-bond acceptors (Lipinski definition) is 6. The van der Waals surface area contributed by atoms with Gasteiger partial charge in [-0.25, -0.2) is 19.4 Å². The Kier molecular flexibility index (Phi) is 7.58. The molecule has 1 fully saturated rings. The molecule has 4 aromatic rings. The summed E-state index contributed by atoms with van der Waals surface area (Å²) >= 11 is 0. The van der Waals surface area contributed by atoms with Crippen molar-refractivity contribution >= 4 is 34.7 Å². The first-order valence-corrected chi connectivity index (χ1v) is 13.0. The molecule has 0 spiro atoms. The van der Waals surface area contributed by atoms with Crippen molar-refractivity contribution in [2.24, 2.45) is 5.92 Å². The minimum absolute atomic E-state index is 0.0252. The average Bonchev–Trinajstić information content (AvgIpc) is 3.39. The van der Waals surface area contributed by atoms with Crippen LogP contribution in [0.5, 0.6) is 0 Å². The Morgan fingerprint density at radius 3 is 2.66 bits per heavy atom. The molecular formula is C30H31N5O3. The van der Waals surface area contributed by atoms with E-state index in [4.69, 9.17) is 9.72 Å². The summed E-state index contributed by atoms with van der Waals surface area (Å²) in [6, 6.07) is 15.6. The van der Waals surface area contributed by atoms with Crippen LogP contribution in [-0.2, 0) is 20.9 Å². The normalized spacial score (nSPS) is 14.2. The molecule has 0 aliphatic heterocycles. The number of ether oxygens (including phenoxy) is 1. The van der Waals surface area contributed by atoms with E-state index in [2.05, 4.69) is 10.1 Å². The molecule has 194 valence electrons. The van der Waals surface area contributed by atoms with Crippen molar-refractivity contribution in [3.63, 3.8) is 0 Å². The van der Waals surface area contributed by atoms with Gasteiger partial charge in [-0.3, -0.25) is 9.69 Å². The number of carbonyl (C=O) groups excluding carboxylic acids is 2. The lowest BCUT2D eigenvalue weighted by Crippen LogP contribution is -2.37. The Bertz CT molecular complexity index is 1470. The molecule has 0 saturated heterocycles. The van der Waals surface area contributed by atoms with Crippen LogP contribution in [0, 0.1) is 12.8 Å². The lowest BCUT2D eigenvalue weighted by molar-refractivity contribution is -0.134. The molecular weight excluding hydrogens is 478 g/mol. The monoisotopic (exact) mass is 509 g/mol. The molecule has 1 aliphatic carbocycles. The maximum absolute atomic E-state index is 13.8. The second-order valence-electron chi connectivity index (χ2n) is 9.66. The van der Waals surface area contributed by atoms with Crippen LogP contribution in [-0.4, -0.2) is 38.7 Å². The molecule has 1 saturated carbocycles. The van der Waals surface area contributed by atoms with Crippen molar-refractivity contribution in [1.82, 2.24) is 19.7 Å². The quantitative estimate of drug-likeness (QED) is 0.244. The highest BCUT2D eigenvalue weighted by Crippen LogP contribution is 2.29. The Morgan fingerprint density at radius 1 is 1.08 bits per heavy atom. The number of para-hydroxylation sites is 1. The van der Waals surface area contributed by atoms with Crippen molar-refractivity contribution in [3.05, 3.63) is 83.8 Å². The van der Waals surface area contributed by atoms with Gasteiger partial charge < -0.3 is 4.74 Å². The van der Waals surface area contributed by atoms with Crippen LogP contribution < -0.4 is 4.90 Å². The number of fused-ring (bicyclic) bond motifs is 1. The molecule has 1 amide bonds. The number of nitrogens with zero attached hydrogens (tertiary/aromatic N) is 5. The second-order valence-corrected chi connectivity index (χ2v) is 9.66. The SMILES string of the molecule is COC(=O)/C=C/c1cc(C)nc(N(Cc2ccc(-n3ncc4ccccc43)nc2)C(=O)C2CCCCC2)c1. The summed E-state index contributed by atoms with van der Waals surface area (Å²) in [5, 5.41) is 5.54. The van der Waals surface area contributed by atoms with Gasteiger partial charge in [0.15, 0.2) is 5.82 Å². The van der Waals surface area contributed by atoms with Gasteiger partial charge in [0.05, 0.1) is 25.4 Å². The number of hydrogen-bond donors (Lipinski definition) is 0. The Balaban J connectivity index is 1.45. The van der Waals surface area contributed by atoms with E-state index in [1.54, 1.807) is 17.2 Å². The Morgan fingerprint density at radius 2 is 1.89 bits per heavy atom. The van der Waals surface area contributed by atoms with Crippen molar-refractivity contribution in [1.29, 1.82) is 0 Å². The number of anilines is 1. The summed E-state index contributed by atoms with van der Waals surface area (Å²) < 4.78 is 6.53. The maximum Gasteiger partial charge on any atom is 0.330 e. The average molecular weight is 510 g/mol. The summed E-state index contributed by atoms with van der Waals surface area (Å²) in [6.07, 6.45) is 11.7. The first-order chi connectivity index (χ1) is 18.5. The third kappa shape index (κ3) is 5.64. The molecule has 3 heterocycles. The van der Waals surface area contributed by atoms with Gasteiger partial charge in [-0.1, -0.05) is 43.5 Å². The number of carbonyl (C=O) groups is 2. The van der Waals surface area contributed by atoms with E-state index >= 15 is 0 Å². The topological polar surface area (TPSA) is 90.2 Å². The van der Waals surface area contributed by atoms with Gasteiger partial charge >= 0.3 is 5.97 Å².